The third kappa shape index (κ3) is 3.89. The number of benzene rings is 2. The SMILES string of the molecule is COc1cccc(CCn2c(O)nnc2-c2cccc(C(C)C)c2)c1OC. The van der Waals surface area contributed by atoms with Crippen molar-refractivity contribution in [2.24, 2.45) is 0 Å². The van der Waals surface area contributed by atoms with Crippen LogP contribution in [0.4, 0.5) is 0 Å². The lowest BCUT2D eigenvalue weighted by molar-refractivity contribution is 0.350. The Labute approximate surface area is 159 Å². The van der Waals surface area contributed by atoms with Crippen LogP contribution in [0.25, 0.3) is 11.4 Å². The number of aromatic hydroxyl groups is 1. The molecule has 0 bridgehead atoms. The zero-order valence-corrected chi connectivity index (χ0v) is 16.1. The normalized spacial score (nSPS) is 11.0. The average Bonchev–Trinajstić information content (AvgIpc) is 3.06. The number of para-hydroxylation sites is 1. The highest BCUT2D eigenvalue weighted by molar-refractivity contribution is 5.57. The minimum atomic E-state index is -0.0955. The molecule has 0 saturated carbocycles. The molecule has 2 aromatic carbocycles. The molecule has 0 atom stereocenters. The standard InChI is InChI=1S/C21H25N3O3/c1-14(2)16-8-5-9-17(13-16)20-22-23-21(25)24(20)12-11-15-7-6-10-18(26-3)19(15)27-4/h5-10,13-14H,11-12H2,1-4H3,(H,23,25). The third-order valence-corrected chi connectivity index (χ3v) is 4.63. The first kappa shape index (κ1) is 18.8. The number of aromatic nitrogens is 3. The molecule has 0 aliphatic heterocycles. The highest BCUT2D eigenvalue weighted by Crippen LogP contribution is 2.32. The molecule has 6 heteroatoms. The second-order valence-corrected chi connectivity index (χ2v) is 6.66. The first-order valence-electron chi connectivity index (χ1n) is 8.97. The maximum Gasteiger partial charge on any atom is 0.314 e. The van der Waals surface area contributed by atoms with Crippen molar-refractivity contribution in [2.75, 3.05) is 14.2 Å². The van der Waals surface area contributed by atoms with Crippen molar-refractivity contribution in [3.05, 3.63) is 53.6 Å². The largest absolute Gasteiger partial charge is 0.493 e. The molecule has 0 fully saturated rings. The van der Waals surface area contributed by atoms with Crippen LogP contribution in [-0.2, 0) is 13.0 Å². The number of nitrogens with zero attached hydrogens (tertiary/aromatic N) is 3. The van der Waals surface area contributed by atoms with Gasteiger partial charge in [-0.3, -0.25) is 4.57 Å². The average molecular weight is 367 g/mol. The lowest BCUT2D eigenvalue weighted by Crippen LogP contribution is -2.05. The van der Waals surface area contributed by atoms with Crippen LogP contribution in [0.15, 0.2) is 42.5 Å². The molecule has 142 valence electrons. The molecule has 0 spiro atoms. The fraction of sp³-hybridized carbons (Fsp3) is 0.333. The minimum Gasteiger partial charge on any atom is -0.493 e. The molecule has 1 N–H and O–H groups in total. The summed E-state index contributed by atoms with van der Waals surface area (Å²) in [6.45, 7) is 4.82. The zero-order chi connectivity index (χ0) is 19.4. The van der Waals surface area contributed by atoms with E-state index in [-0.39, 0.29) is 6.01 Å². The van der Waals surface area contributed by atoms with E-state index in [1.807, 2.05) is 30.3 Å². The molecule has 1 aromatic heterocycles. The number of hydrogen-bond donors (Lipinski definition) is 1. The molecule has 3 rings (SSSR count). The monoisotopic (exact) mass is 367 g/mol. The van der Waals surface area contributed by atoms with E-state index in [1.165, 1.54) is 5.56 Å². The van der Waals surface area contributed by atoms with Gasteiger partial charge < -0.3 is 14.6 Å². The van der Waals surface area contributed by atoms with Crippen molar-refractivity contribution in [1.29, 1.82) is 0 Å². The van der Waals surface area contributed by atoms with Gasteiger partial charge in [0.1, 0.15) is 0 Å². The molecular formula is C21H25N3O3. The summed E-state index contributed by atoms with van der Waals surface area (Å²) in [4.78, 5) is 0. The Morgan fingerprint density at radius 2 is 1.81 bits per heavy atom. The summed E-state index contributed by atoms with van der Waals surface area (Å²) in [6, 6.07) is 13.9. The van der Waals surface area contributed by atoms with Gasteiger partial charge in [-0.1, -0.05) is 49.3 Å². The van der Waals surface area contributed by atoms with E-state index in [4.69, 9.17) is 9.47 Å². The quantitative estimate of drug-likeness (QED) is 0.683. The lowest BCUT2D eigenvalue weighted by atomic mass is 10.0. The van der Waals surface area contributed by atoms with Gasteiger partial charge in [0.25, 0.3) is 0 Å². The van der Waals surface area contributed by atoms with Gasteiger partial charge in [0.05, 0.1) is 14.2 Å². The number of ether oxygens (including phenoxy) is 2. The molecule has 0 aliphatic carbocycles. The van der Waals surface area contributed by atoms with Crippen LogP contribution in [-0.4, -0.2) is 34.1 Å². The van der Waals surface area contributed by atoms with Gasteiger partial charge in [-0.2, -0.15) is 0 Å². The van der Waals surface area contributed by atoms with E-state index in [0.29, 0.717) is 36.2 Å². The number of hydrogen-bond acceptors (Lipinski definition) is 5. The fourth-order valence-electron chi connectivity index (χ4n) is 3.13. The van der Waals surface area contributed by atoms with Crippen LogP contribution in [0.3, 0.4) is 0 Å². The zero-order valence-electron chi connectivity index (χ0n) is 16.1. The minimum absolute atomic E-state index is 0.0955. The molecule has 0 unspecified atom stereocenters. The summed E-state index contributed by atoms with van der Waals surface area (Å²) in [7, 11) is 3.24. The van der Waals surface area contributed by atoms with Gasteiger partial charge in [-0.15, -0.1) is 5.10 Å². The van der Waals surface area contributed by atoms with Gasteiger partial charge >= 0.3 is 6.01 Å². The van der Waals surface area contributed by atoms with Crippen LogP contribution in [0, 0.1) is 0 Å². The molecule has 27 heavy (non-hydrogen) atoms. The Kier molecular flexibility index (Phi) is 5.64. The lowest BCUT2D eigenvalue weighted by Gasteiger charge is -2.14. The molecule has 0 saturated heterocycles. The van der Waals surface area contributed by atoms with Crippen LogP contribution in [0.1, 0.15) is 30.9 Å². The summed E-state index contributed by atoms with van der Waals surface area (Å²) < 4.78 is 12.6. The van der Waals surface area contributed by atoms with Crippen molar-refractivity contribution >= 4 is 0 Å². The molecular weight excluding hydrogens is 342 g/mol. The Hall–Kier alpha value is -3.02. The second kappa shape index (κ2) is 8.12. The van der Waals surface area contributed by atoms with Gasteiger partial charge in [0, 0.05) is 12.1 Å². The Bertz CT molecular complexity index is 919. The summed E-state index contributed by atoms with van der Waals surface area (Å²) in [5.41, 5.74) is 3.15. The summed E-state index contributed by atoms with van der Waals surface area (Å²) in [6.07, 6.45) is 0.642. The molecule has 0 aliphatic rings. The topological polar surface area (TPSA) is 69.4 Å². The van der Waals surface area contributed by atoms with Crippen molar-refractivity contribution < 1.29 is 14.6 Å². The Balaban J connectivity index is 1.90. The summed E-state index contributed by atoms with van der Waals surface area (Å²) >= 11 is 0. The maximum atomic E-state index is 10.2. The highest BCUT2D eigenvalue weighted by atomic mass is 16.5. The van der Waals surface area contributed by atoms with Crippen LogP contribution >= 0.6 is 0 Å². The van der Waals surface area contributed by atoms with E-state index in [2.05, 4.69) is 36.2 Å². The highest BCUT2D eigenvalue weighted by Gasteiger charge is 2.16. The number of methoxy groups -OCH3 is 2. The smallest absolute Gasteiger partial charge is 0.314 e. The first-order chi connectivity index (χ1) is 13.0. The molecule has 6 nitrogen and oxygen atoms in total. The predicted molar refractivity (Wildman–Crippen MR) is 104 cm³/mol. The van der Waals surface area contributed by atoms with Crippen molar-refractivity contribution in [2.45, 2.75) is 32.7 Å². The van der Waals surface area contributed by atoms with E-state index in [9.17, 15) is 5.11 Å². The molecule has 1 heterocycles. The maximum absolute atomic E-state index is 10.2. The van der Waals surface area contributed by atoms with Gasteiger partial charge in [-0.05, 0) is 35.6 Å². The van der Waals surface area contributed by atoms with Gasteiger partial charge in [-0.25, -0.2) is 0 Å². The van der Waals surface area contributed by atoms with Gasteiger partial charge in [0.15, 0.2) is 17.3 Å². The number of aryl methyl sites for hydroxylation is 1. The van der Waals surface area contributed by atoms with E-state index in [0.717, 1.165) is 11.1 Å². The van der Waals surface area contributed by atoms with Crippen LogP contribution in [0.5, 0.6) is 17.5 Å². The molecule has 0 radical (unpaired) electrons. The summed E-state index contributed by atoms with van der Waals surface area (Å²) in [5.74, 6) is 2.46. The van der Waals surface area contributed by atoms with Crippen LogP contribution in [0.2, 0.25) is 0 Å². The molecule has 0 amide bonds. The second-order valence-electron chi connectivity index (χ2n) is 6.66. The fourth-order valence-corrected chi connectivity index (χ4v) is 3.13. The van der Waals surface area contributed by atoms with Gasteiger partial charge in [0.2, 0.25) is 0 Å². The van der Waals surface area contributed by atoms with Crippen molar-refractivity contribution in [1.82, 2.24) is 14.8 Å². The number of rotatable bonds is 7. The predicted octanol–water partition coefficient (Wildman–Crippen LogP) is 4.03. The van der Waals surface area contributed by atoms with Crippen molar-refractivity contribution in [3.8, 4) is 28.9 Å². The van der Waals surface area contributed by atoms with E-state index in [1.54, 1.807) is 18.8 Å². The van der Waals surface area contributed by atoms with E-state index < -0.39 is 0 Å². The Morgan fingerprint density at radius 3 is 2.52 bits per heavy atom. The third-order valence-electron chi connectivity index (χ3n) is 4.63. The van der Waals surface area contributed by atoms with Crippen LogP contribution < -0.4 is 9.47 Å². The van der Waals surface area contributed by atoms with E-state index >= 15 is 0 Å². The van der Waals surface area contributed by atoms with Crippen molar-refractivity contribution in [3.63, 3.8) is 0 Å². The Morgan fingerprint density at radius 1 is 1.04 bits per heavy atom. The summed E-state index contributed by atoms with van der Waals surface area (Å²) in [5, 5.41) is 18.3. The first-order valence-corrected chi connectivity index (χ1v) is 8.97. The molecule has 3 aromatic rings.